The van der Waals surface area contributed by atoms with Gasteiger partial charge in [-0.3, -0.25) is 0 Å². The molecule has 0 aromatic heterocycles. The zero-order valence-corrected chi connectivity index (χ0v) is 13.5. The molecule has 0 saturated carbocycles. The van der Waals surface area contributed by atoms with Crippen LogP contribution in [0.4, 0.5) is 5.69 Å². The maximum Gasteiger partial charge on any atom is 0.240 e. The Morgan fingerprint density at radius 3 is 2.15 bits per heavy atom. The number of anilines is 1. The molecule has 1 rings (SSSR count). The van der Waals surface area contributed by atoms with E-state index in [1.807, 2.05) is 0 Å². The lowest BCUT2D eigenvalue weighted by Gasteiger charge is -2.20. The topological polar surface area (TPSA) is 70.2 Å². The Labute approximate surface area is 122 Å². The van der Waals surface area contributed by atoms with Crippen LogP contribution >= 0.6 is 0 Å². The molecule has 0 radical (unpaired) electrons. The van der Waals surface area contributed by atoms with Gasteiger partial charge in [0.15, 0.2) is 0 Å². The van der Waals surface area contributed by atoms with Crippen LogP contribution in [-0.4, -0.2) is 33.6 Å². The summed E-state index contributed by atoms with van der Waals surface area (Å²) in [5, 5.41) is 6.63. The molecule has 0 atom stereocenters. The molecule has 114 valence electrons. The van der Waals surface area contributed by atoms with Gasteiger partial charge >= 0.3 is 0 Å². The summed E-state index contributed by atoms with van der Waals surface area (Å²) in [6.45, 7) is 10.1. The molecule has 3 N–H and O–H groups in total. The lowest BCUT2D eigenvalue weighted by molar-refractivity contribution is 0.435. The molecule has 6 heteroatoms. The first-order chi connectivity index (χ1) is 9.24. The predicted octanol–water partition coefficient (Wildman–Crippen LogP) is 1.78. The van der Waals surface area contributed by atoms with Crippen molar-refractivity contribution in [1.29, 1.82) is 0 Å². The van der Waals surface area contributed by atoms with E-state index in [1.54, 1.807) is 31.2 Å². The third-order valence-corrected chi connectivity index (χ3v) is 4.17. The average molecular weight is 299 g/mol. The van der Waals surface area contributed by atoms with E-state index >= 15 is 0 Å². The lowest BCUT2D eigenvalue weighted by atomic mass is 10.1. The Morgan fingerprint density at radius 2 is 1.65 bits per heavy atom. The van der Waals surface area contributed by atoms with Gasteiger partial charge in [-0.25, -0.2) is 13.1 Å². The van der Waals surface area contributed by atoms with Gasteiger partial charge in [0.05, 0.1) is 4.90 Å². The van der Waals surface area contributed by atoms with Crippen molar-refractivity contribution in [2.45, 2.75) is 38.1 Å². The molecule has 5 nitrogen and oxygen atoms in total. The van der Waals surface area contributed by atoms with Crippen LogP contribution in [0.3, 0.4) is 0 Å². The highest BCUT2D eigenvalue weighted by atomic mass is 32.2. The molecule has 0 spiro atoms. The molecule has 0 unspecified atom stereocenters. The van der Waals surface area contributed by atoms with Gasteiger partial charge in [-0.2, -0.15) is 0 Å². The number of rotatable bonds is 7. The highest BCUT2D eigenvalue weighted by Gasteiger charge is 2.11. The van der Waals surface area contributed by atoms with Crippen LogP contribution in [0, 0.1) is 0 Å². The van der Waals surface area contributed by atoms with Gasteiger partial charge in [-0.05, 0) is 45.0 Å². The van der Waals surface area contributed by atoms with Crippen molar-refractivity contribution in [3.63, 3.8) is 0 Å². The smallest absolute Gasteiger partial charge is 0.240 e. The lowest BCUT2D eigenvalue weighted by Crippen LogP contribution is -2.38. The quantitative estimate of drug-likeness (QED) is 0.671. The number of sulfonamides is 1. The molecule has 1 aromatic rings. The van der Waals surface area contributed by atoms with E-state index < -0.39 is 10.0 Å². The summed E-state index contributed by atoms with van der Waals surface area (Å²) in [7, 11) is -3.36. The van der Waals surface area contributed by atoms with E-state index in [0.29, 0.717) is 6.54 Å². The van der Waals surface area contributed by atoms with E-state index in [9.17, 15) is 8.42 Å². The van der Waals surface area contributed by atoms with Crippen molar-refractivity contribution in [2.75, 3.05) is 25.0 Å². The molecule has 1 aromatic carbocycles. The van der Waals surface area contributed by atoms with Gasteiger partial charge in [0, 0.05) is 30.9 Å². The van der Waals surface area contributed by atoms with Crippen LogP contribution in [0.2, 0.25) is 0 Å². The monoisotopic (exact) mass is 299 g/mol. The molecule has 0 fully saturated rings. The fourth-order valence-corrected chi connectivity index (χ4v) is 2.71. The molecule has 0 aliphatic carbocycles. The number of hydrogen-bond donors (Lipinski definition) is 3. The summed E-state index contributed by atoms with van der Waals surface area (Å²) >= 11 is 0. The Bertz CT molecular complexity index is 504. The van der Waals surface area contributed by atoms with Crippen LogP contribution in [0.25, 0.3) is 0 Å². The van der Waals surface area contributed by atoms with Crippen LogP contribution in [-0.2, 0) is 10.0 Å². The van der Waals surface area contributed by atoms with E-state index in [-0.39, 0.29) is 10.4 Å². The normalized spacial score (nSPS) is 12.4. The van der Waals surface area contributed by atoms with Gasteiger partial charge in [-0.15, -0.1) is 0 Å². The van der Waals surface area contributed by atoms with Gasteiger partial charge in [0.1, 0.15) is 0 Å². The molecular weight excluding hydrogens is 274 g/mol. The maximum absolute atomic E-state index is 11.8. The molecule has 0 aliphatic heterocycles. The first-order valence-corrected chi connectivity index (χ1v) is 8.31. The van der Waals surface area contributed by atoms with Gasteiger partial charge < -0.3 is 10.6 Å². The third-order valence-electron chi connectivity index (χ3n) is 2.61. The fraction of sp³-hybridized carbons (Fsp3) is 0.571. The van der Waals surface area contributed by atoms with Crippen molar-refractivity contribution in [1.82, 2.24) is 10.0 Å². The Balaban J connectivity index is 2.51. The van der Waals surface area contributed by atoms with E-state index in [4.69, 9.17) is 0 Å². The van der Waals surface area contributed by atoms with Gasteiger partial charge in [-0.1, -0.05) is 6.92 Å². The zero-order chi connectivity index (χ0) is 15.2. The maximum atomic E-state index is 11.8. The Morgan fingerprint density at radius 1 is 1.05 bits per heavy atom. The molecular formula is C14H25N3O2S. The highest BCUT2D eigenvalue weighted by Crippen LogP contribution is 2.13. The minimum atomic E-state index is -3.36. The summed E-state index contributed by atoms with van der Waals surface area (Å²) in [6, 6.07) is 6.78. The first-order valence-electron chi connectivity index (χ1n) is 6.83. The largest absolute Gasteiger partial charge is 0.384 e. The number of benzene rings is 1. The summed E-state index contributed by atoms with van der Waals surface area (Å²) < 4.78 is 26.0. The van der Waals surface area contributed by atoms with Crippen LogP contribution in [0.5, 0.6) is 0 Å². The van der Waals surface area contributed by atoms with E-state index in [0.717, 1.165) is 18.8 Å². The van der Waals surface area contributed by atoms with Gasteiger partial charge in [0.25, 0.3) is 0 Å². The molecule has 20 heavy (non-hydrogen) atoms. The van der Waals surface area contributed by atoms with Crippen LogP contribution in [0.15, 0.2) is 29.2 Å². The van der Waals surface area contributed by atoms with Crippen molar-refractivity contribution >= 4 is 15.7 Å². The second-order valence-electron chi connectivity index (χ2n) is 5.63. The Kier molecular flexibility index (Phi) is 5.98. The molecule has 0 aliphatic rings. The number of hydrogen-bond acceptors (Lipinski definition) is 4. The molecule has 0 heterocycles. The zero-order valence-electron chi connectivity index (χ0n) is 12.7. The second-order valence-corrected chi connectivity index (χ2v) is 7.40. The van der Waals surface area contributed by atoms with Gasteiger partial charge in [0.2, 0.25) is 10.0 Å². The van der Waals surface area contributed by atoms with Crippen LogP contribution in [0.1, 0.15) is 27.7 Å². The fourth-order valence-electron chi connectivity index (χ4n) is 1.67. The highest BCUT2D eigenvalue weighted by molar-refractivity contribution is 7.89. The first kappa shape index (κ1) is 16.9. The summed E-state index contributed by atoms with van der Waals surface area (Å²) in [5.41, 5.74) is 1.02. The molecule has 0 bridgehead atoms. The SMILES string of the molecule is CCNS(=O)(=O)c1ccc(NCCNC(C)(C)C)cc1. The minimum Gasteiger partial charge on any atom is -0.384 e. The standard InChI is InChI=1S/C14H25N3O2S/c1-5-17-20(18,19)13-8-6-12(7-9-13)15-10-11-16-14(2,3)4/h6-9,15-17H,5,10-11H2,1-4H3. The summed E-state index contributed by atoms with van der Waals surface area (Å²) in [4.78, 5) is 0.290. The third kappa shape index (κ3) is 5.90. The summed E-state index contributed by atoms with van der Waals surface area (Å²) in [6.07, 6.45) is 0. The van der Waals surface area contributed by atoms with Crippen molar-refractivity contribution in [2.24, 2.45) is 0 Å². The minimum absolute atomic E-state index is 0.103. The van der Waals surface area contributed by atoms with E-state index in [1.165, 1.54) is 0 Å². The number of nitrogens with one attached hydrogen (secondary N) is 3. The van der Waals surface area contributed by atoms with Crippen molar-refractivity contribution < 1.29 is 8.42 Å². The predicted molar refractivity (Wildman–Crippen MR) is 83.5 cm³/mol. The van der Waals surface area contributed by atoms with E-state index in [2.05, 4.69) is 36.1 Å². The van der Waals surface area contributed by atoms with Crippen LogP contribution < -0.4 is 15.4 Å². The second kappa shape index (κ2) is 7.06. The molecule has 0 amide bonds. The Hall–Kier alpha value is -1.11. The van der Waals surface area contributed by atoms with Crippen molar-refractivity contribution in [3.8, 4) is 0 Å². The summed E-state index contributed by atoms with van der Waals surface area (Å²) in [5.74, 6) is 0. The average Bonchev–Trinajstić information content (AvgIpc) is 2.34. The molecule has 0 saturated heterocycles. The van der Waals surface area contributed by atoms with Crippen molar-refractivity contribution in [3.05, 3.63) is 24.3 Å².